The first-order valence-corrected chi connectivity index (χ1v) is 6.73. The molecule has 0 atom stereocenters. The summed E-state index contributed by atoms with van der Waals surface area (Å²) in [7, 11) is 0. The zero-order valence-electron chi connectivity index (χ0n) is 10.9. The zero-order valence-corrected chi connectivity index (χ0v) is 10.9. The molecule has 1 fully saturated rings. The van der Waals surface area contributed by atoms with E-state index in [0.717, 1.165) is 31.4 Å². The Morgan fingerprint density at radius 2 is 2.18 bits per heavy atom. The lowest BCUT2D eigenvalue weighted by atomic mass is 10.2. The van der Waals surface area contributed by atoms with Gasteiger partial charge in [-0.2, -0.15) is 0 Å². The maximum absolute atomic E-state index is 4.41. The Balaban J connectivity index is 1.87. The SMILES string of the molecule is CCNc1ccc(CN(CC)CC2CC2)cn1. The highest BCUT2D eigenvalue weighted by molar-refractivity contribution is 5.35. The molecule has 0 amide bonds. The molecule has 0 unspecified atom stereocenters. The van der Waals surface area contributed by atoms with Crippen LogP contribution in [-0.4, -0.2) is 29.5 Å². The van der Waals surface area contributed by atoms with Crippen molar-refractivity contribution < 1.29 is 0 Å². The second kappa shape index (κ2) is 6.01. The summed E-state index contributed by atoms with van der Waals surface area (Å²) < 4.78 is 0. The molecule has 0 radical (unpaired) electrons. The van der Waals surface area contributed by atoms with Gasteiger partial charge in [-0.15, -0.1) is 0 Å². The van der Waals surface area contributed by atoms with Crippen LogP contribution in [0.25, 0.3) is 0 Å². The van der Waals surface area contributed by atoms with E-state index in [-0.39, 0.29) is 0 Å². The molecule has 3 heteroatoms. The molecule has 0 bridgehead atoms. The van der Waals surface area contributed by atoms with Crippen LogP contribution in [0.4, 0.5) is 5.82 Å². The lowest BCUT2D eigenvalue weighted by Gasteiger charge is -2.20. The van der Waals surface area contributed by atoms with Gasteiger partial charge in [0.2, 0.25) is 0 Å². The predicted molar refractivity (Wildman–Crippen MR) is 72.1 cm³/mol. The number of aromatic nitrogens is 1. The highest BCUT2D eigenvalue weighted by Crippen LogP contribution is 2.30. The summed E-state index contributed by atoms with van der Waals surface area (Å²) in [5.41, 5.74) is 1.31. The minimum Gasteiger partial charge on any atom is -0.370 e. The lowest BCUT2D eigenvalue weighted by Crippen LogP contribution is -2.25. The van der Waals surface area contributed by atoms with Gasteiger partial charge < -0.3 is 5.32 Å². The van der Waals surface area contributed by atoms with E-state index in [2.05, 4.69) is 41.2 Å². The van der Waals surface area contributed by atoms with Crippen LogP contribution in [0.2, 0.25) is 0 Å². The fourth-order valence-corrected chi connectivity index (χ4v) is 2.03. The van der Waals surface area contributed by atoms with Crippen LogP contribution < -0.4 is 5.32 Å². The van der Waals surface area contributed by atoms with Crippen molar-refractivity contribution in [1.82, 2.24) is 9.88 Å². The number of hydrogen-bond donors (Lipinski definition) is 1. The predicted octanol–water partition coefficient (Wildman–Crippen LogP) is 2.75. The van der Waals surface area contributed by atoms with Gasteiger partial charge in [0, 0.05) is 25.8 Å². The van der Waals surface area contributed by atoms with Crippen molar-refractivity contribution in [2.45, 2.75) is 33.2 Å². The maximum atomic E-state index is 4.41. The van der Waals surface area contributed by atoms with E-state index in [0.29, 0.717) is 0 Å². The topological polar surface area (TPSA) is 28.2 Å². The van der Waals surface area contributed by atoms with E-state index >= 15 is 0 Å². The Bertz CT molecular complexity index is 330. The molecule has 0 saturated heterocycles. The molecule has 1 N–H and O–H groups in total. The van der Waals surface area contributed by atoms with Crippen molar-refractivity contribution >= 4 is 5.82 Å². The van der Waals surface area contributed by atoms with E-state index in [1.807, 2.05) is 6.20 Å². The molecule has 0 aliphatic heterocycles. The molecule has 1 aromatic rings. The fraction of sp³-hybridized carbons (Fsp3) is 0.643. The third-order valence-electron chi connectivity index (χ3n) is 3.25. The summed E-state index contributed by atoms with van der Waals surface area (Å²) in [6.45, 7) is 8.67. The van der Waals surface area contributed by atoms with Crippen LogP contribution in [-0.2, 0) is 6.54 Å². The highest BCUT2D eigenvalue weighted by atomic mass is 15.1. The average molecular weight is 233 g/mol. The molecule has 2 rings (SSSR count). The molecule has 17 heavy (non-hydrogen) atoms. The minimum absolute atomic E-state index is 0.926. The van der Waals surface area contributed by atoms with Crippen molar-refractivity contribution in [3.05, 3.63) is 23.9 Å². The Labute approximate surface area is 104 Å². The zero-order chi connectivity index (χ0) is 12.1. The van der Waals surface area contributed by atoms with Crippen LogP contribution in [0, 0.1) is 5.92 Å². The van der Waals surface area contributed by atoms with Gasteiger partial charge in [0.25, 0.3) is 0 Å². The maximum Gasteiger partial charge on any atom is 0.125 e. The largest absolute Gasteiger partial charge is 0.370 e. The Morgan fingerprint density at radius 3 is 2.71 bits per heavy atom. The monoisotopic (exact) mass is 233 g/mol. The second-order valence-corrected chi connectivity index (χ2v) is 4.85. The molecule has 1 aliphatic rings. The first-order valence-electron chi connectivity index (χ1n) is 6.73. The number of anilines is 1. The van der Waals surface area contributed by atoms with Gasteiger partial charge in [-0.25, -0.2) is 4.98 Å². The lowest BCUT2D eigenvalue weighted by molar-refractivity contribution is 0.268. The van der Waals surface area contributed by atoms with E-state index in [1.54, 1.807) is 0 Å². The summed E-state index contributed by atoms with van der Waals surface area (Å²) in [5.74, 6) is 1.94. The molecule has 1 saturated carbocycles. The summed E-state index contributed by atoms with van der Waals surface area (Å²) in [6, 6.07) is 4.25. The second-order valence-electron chi connectivity index (χ2n) is 4.85. The normalized spacial score (nSPS) is 15.2. The summed E-state index contributed by atoms with van der Waals surface area (Å²) in [5, 5.41) is 3.22. The van der Waals surface area contributed by atoms with E-state index < -0.39 is 0 Å². The summed E-state index contributed by atoms with van der Waals surface area (Å²) >= 11 is 0. The number of nitrogens with zero attached hydrogens (tertiary/aromatic N) is 2. The molecule has 0 aromatic carbocycles. The number of hydrogen-bond acceptors (Lipinski definition) is 3. The van der Waals surface area contributed by atoms with Gasteiger partial charge >= 0.3 is 0 Å². The highest BCUT2D eigenvalue weighted by Gasteiger charge is 2.23. The first kappa shape index (κ1) is 12.4. The quantitative estimate of drug-likeness (QED) is 0.785. The van der Waals surface area contributed by atoms with Crippen LogP contribution >= 0.6 is 0 Å². The molecule has 0 spiro atoms. The van der Waals surface area contributed by atoms with Crippen molar-refractivity contribution in [1.29, 1.82) is 0 Å². The molecule has 1 aromatic heterocycles. The van der Waals surface area contributed by atoms with Gasteiger partial charge in [0.15, 0.2) is 0 Å². The molecule has 1 aliphatic carbocycles. The van der Waals surface area contributed by atoms with Crippen molar-refractivity contribution in [3.63, 3.8) is 0 Å². The molecule has 1 heterocycles. The number of rotatable bonds is 7. The molecule has 3 nitrogen and oxygen atoms in total. The third kappa shape index (κ3) is 4.00. The third-order valence-corrected chi connectivity index (χ3v) is 3.25. The minimum atomic E-state index is 0.926. The first-order chi connectivity index (χ1) is 8.31. The van der Waals surface area contributed by atoms with Gasteiger partial charge in [0.05, 0.1) is 0 Å². The Morgan fingerprint density at radius 1 is 1.35 bits per heavy atom. The van der Waals surface area contributed by atoms with E-state index in [4.69, 9.17) is 0 Å². The van der Waals surface area contributed by atoms with Gasteiger partial charge in [-0.1, -0.05) is 13.0 Å². The standard InChI is InChI=1S/C14H23N3/c1-3-15-14-8-7-13(9-16-14)11-17(4-2)10-12-5-6-12/h7-9,12H,3-6,10-11H2,1-2H3,(H,15,16). The average Bonchev–Trinajstić information content (AvgIpc) is 3.15. The van der Waals surface area contributed by atoms with Crippen LogP contribution in [0.3, 0.4) is 0 Å². The molecular formula is C14H23N3. The summed E-state index contributed by atoms with van der Waals surface area (Å²) in [4.78, 5) is 6.93. The van der Waals surface area contributed by atoms with Crippen LogP contribution in [0.1, 0.15) is 32.3 Å². The number of pyridine rings is 1. The van der Waals surface area contributed by atoms with Gasteiger partial charge in [0.1, 0.15) is 5.82 Å². The van der Waals surface area contributed by atoms with E-state index in [9.17, 15) is 0 Å². The van der Waals surface area contributed by atoms with Gasteiger partial charge in [-0.05, 0) is 43.9 Å². The van der Waals surface area contributed by atoms with Gasteiger partial charge in [-0.3, -0.25) is 4.90 Å². The van der Waals surface area contributed by atoms with Crippen molar-refractivity contribution in [3.8, 4) is 0 Å². The molecule has 94 valence electrons. The Kier molecular flexibility index (Phi) is 4.37. The van der Waals surface area contributed by atoms with Crippen molar-refractivity contribution in [2.24, 2.45) is 5.92 Å². The Hall–Kier alpha value is -1.09. The van der Waals surface area contributed by atoms with E-state index in [1.165, 1.54) is 24.9 Å². The van der Waals surface area contributed by atoms with Crippen LogP contribution in [0.5, 0.6) is 0 Å². The smallest absolute Gasteiger partial charge is 0.125 e. The van der Waals surface area contributed by atoms with Crippen molar-refractivity contribution in [2.75, 3.05) is 25.0 Å². The van der Waals surface area contributed by atoms with Crippen LogP contribution in [0.15, 0.2) is 18.3 Å². The molecular weight excluding hydrogens is 210 g/mol. The summed E-state index contributed by atoms with van der Waals surface area (Å²) in [6.07, 6.45) is 4.84. The fourth-order valence-electron chi connectivity index (χ4n) is 2.03. The number of nitrogens with one attached hydrogen (secondary N) is 1.